The second kappa shape index (κ2) is 13.5. The minimum absolute atomic E-state index is 0.0101. The first-order valence-corrected chi connectivity index (χ1v) is 14.2. The summed E-state index contributed by atoms with van der Waals surface area (Å²) in [6, 6.07) is 19.0. The van der Waals surface area contributed by atoms with E-state index in [4.69, 9.17) is 14.2 Å². The molecular formula is C29H25IN2O7S. The Morgan fingerprint density at radius 2 is 1.80 bits per heavy atom. The third-order valence-corrected chi connectivity index (χ3v) is 7.34. The van der Waals surface area contributed by atoms with Crippen LogP contribution in [0.15, 0.2) is 88.0 Å². The van der Waals surface area contributed by atoms with Gasteiger partial charge in [0.1, 0.15) is 23.0 Å². The number of esters is 1. The maximum Gasteiger partial charge on any atom is 0.344 e. The van der Waals surface area contributed by atoms with E-state index in [-0.39, 0.29) is 30.2 Å². The molecule has 11 heteroatoms. The number of nitro groups is 1. The van der Waals surface area contributed by atoms with Crippen LogP contribution in [0.2, 0.25) is 0 Å². The number of ether oxygens (including phenoxy) is 3. The standard InChI is InChI=1S/C29H25IN2O7S/c1-3-37-23-15-19(14-22(30)27(23)39-17-18-10-12-21(13-11-18)32(35)36)16-24-26(33)25(29(34)38-4-2)28(40-24)31-20-8-6-5-7-9-20/h5-16,33H,3-4,17H2,1-2H3/b24-16-,31-28?. The predicted octanol–water partition coefficient (Wildman–Crippen LogP) is 7.37. The van der Waals surface area contributed by atoms with Crippen molar-refractivity contribution in [3.63, 3.8) is 0 Å². The highest BCUT2D eigenvalue weighted by molar-refractivity contribution is 14.1. The molecule has 1 aliphatic heterocycles. The molecule has 9 nitrogen and oxygen atoms in total. The summed E-state index contributed by atoms with van der Waals surface area (Å²) in [6.45, 7) is 4.30. The Kier molecular flexibility index (Phi) is 9.83. The molecule has 0 saturated carbocycles. The van der Waals surface area contributed by atoms with Gasteiger partial charge < -0.3 is 19.3 Å². The van der Waals surface area contributed by atoms with Gasteiger partial charge in [-0.2, -0.15) is 0 Å². The highest BCUT2D eigenvalue weighted by atomic mass is 127. The summed E-state index contributed by atoms with van der Waals surface area (Å²) in [6.07, 6.45) is 1.75. The number of hydrogen-bond donors (Lipinski definition) is 1. The molecule has 1 aliphatic rings. The van der Waals surface area contributed by atoms with Gasteiger partial charge in [0, 0.05) is 12.1 Å². The summed E-state index contributed by atoms with van der Waals surface area (Å²) in [4.78, 5) is 28.2. The molecule has 0 unspecified atom stereocenters. The molecule has 3 aromatic rings. The molecule has 40 heavy (non-hydrogen) atoms. The summed E-state index contributed by atoms with van der Waals surface area (Å²) in [7, 11) is 0. The smallest absolute Gasteiger partial charge is 0.344 e. The summed E-state index contributed by atoms with van der Waals surface area (Å²) >= 11 is 3.32. The number of non-ortho nitro benzene ring substituents is 1. The molecule has 0 aromatic heterocycles. The Hall–Kier alpha value is -3.84. The van der Waals surface area contributed by atoms with Gasteiger partial charge in [-0.15, -0.1) is 0 Å². The van der Waals surface area contributed by atoms with E-state index in [1.165, 1.54) is 23.9 Å². The first kappa shape index (κ1) is 29.2. The van der Waals surface area contributed by atoms with Gasteiger partial charge in [-0.1, -0.05) is 30.0 Å². The van der Waals surface area contributed by atoms with E-state index in [9.17, 15) is 20.0 Å². The van der Waals surface area contributed by atoms with E-state index in [0.717, 1.165) is 9.13 Å². The zero-order chi connectivity index (χ0) is 28.6. The first-order chi connectivity index (χ1) is 19.3. The molecule has 0 bridgehead atoms. The van der Waals surface area contributed by atoms with Gasteiger partial charge in [0.05, 0.1) is 32.3 Å². The molecule has 0 amide bonds. The highest BCUT2D eigenvalue weighted by Gasteiger charge is 2.33. The van der Waals surface area contributed by atoms with Crippen molar-refractivity contribution in [2.24, 2.45) is 4.99 Å². The van der Waals surface area contributed by atoms with Crippen LogP contribution >= 0.6 is 34.4 Å². The second-order valence-corrected chi connectivity index (χ2v) is 10.5. The number of hydrogen-bond acceptors (Lipinski definition) is 9. The van der Waals surface area contributed by atoms with E-state index < -0.39 is 10.9 Å². The summed E-state index contributed by atoms with van der Waals surface area (Å²) in [5.41, 5.74) is 2.15. The highest BCUT2D eigenvalue weighted by Crippen LogP contribution is 2.42. The number of nitro benzene ring substituents is 1. The fourth-order valence-corrected chi connectivity index (χ4v) is 5.52. The average molecular weight is 672 g/mol. The molecule has 0 fully saturated rings. The van der Waals surface area contributed by atoms with Crippen molar-refractivity contribution in [1.29, 1.82) is 0 Å². The molecular weight excluding hydrogens is 647 g/mol. The molecule has 0 spiro atoms. The Balaban J connectivity index is 1.64. The number of thioether (sulfide) groups is 1. The molecule has 1 N–H and O–H groups in total. The van der Waals surface area contributed by atoms with Crippen LogP contribution in [0.5, 0.6) is 11.5 Å². The molecule has 4 rings (SSSR count). The van der Waals surface area contributed by atoms with Crippen LogP contribution in [-0.2, 0) is 16.1 Å². The van der Waals surface area contributed by atoms with Crippen LogP contribution in [0.25, 0.3) is 6.08 Å². The van der Waals surface area contributed by atoms with Crippen molar-refractivity contribution < 1.29 is 29.0 Å². The number of aliphatic imine (C=N–C) groups is 1. The fraction of sp³-hybridized carbons (Fsp3) is 0.172. The first-order valence-electron chi connectivity index (χ1n) is 12.3. The molecule has 0 saturated heterocycles. The number of para-hydroxylation sites is 1. The number of halogens is 1. The van der Waals surface area contributed by atoms with Gasteiger partial charge in [-0.05, 0) is 90.0 Å². The zero-order valence-electron chi connectivity index (χ0n) is 21.6. The molecule has 3 aromatic carbocycles. The maximum atomic E-state index is 12.7. The van der Waals surface area contributed by atoms with Gasteiger partial charge >= 0.3 is 5.97 Å². The normalized spacial score (nSPS) is 15.0. The number of nitrogens with zero attached hydrogens (tertiary/aromatic N) is 2. The van der Waals surface area contributed by atoms with E-state index in [1.54, 1.807) is 43.3 Å². The lowest BCUT2D eigenvalue weighted by Crippen LogP contribution is -2.12. The third-order valence-electron chi connectivity index (χ3n) is 5.52. The molecule has 1 heterocycles. The Bertz CT molecular complexity index is 1500. The molecule has 0 aliphatic carbocycles. The average Bonchev–Trinajstić information content (AvgIpc) is 3.23. The Morgan fingerprint density at radius 1 is 1.07 bits per heavy atom. The van der Waals surface area contributed by atoms with Gasteiger partial charge in [0.25, 0.3) is 5.69 Å². The maximum absolute atomic E-state index is 12.7. The minimum atomic E-state index is -0.648. The van der Waals surface area contributed by atoms with Crippen LogP contribution in [0.4, 0.5) is 11.4 Å². The van der Waals surface area contributed by atoms with Gasteiger partial charge in [0.2, 0.25) is 0 Å². The third kappa shape index (κ3) is 7.02. The van der Waals surface area contributed by atoms with E-state index >= 15 is 0 Å². The second-order valence-electron chi connectivity index (χ2n) is 8.28. The van der Waals surface area contributed by atoms with Gasteiger partial charge in [0.15, 0.2) is 11.5 Å². The number of aliphatic hydroxyl groups is 1. The van der Waals surface area contributed by atoms with Crippen molar-refractivity contribution in [1.82, 2.24) is 0 Å². The molecule has 0 atom stereocenters. The summed E-state index contributed by atoms with van der Waals surface area (Å²) in [5, 5.41) is 22.3. The topological polar surface area (TPSA) is 120 Å². The zero-order valence-corrected chi connectivity index (χ0v) is 24.6. The van der Waals surface area contributed by atoms with Crippen molar-refractivity contribution in [3.8, 4) is 11.5 Å². The number of carbonyl (C=O) groups excluding carboxylic acids is 1. The van der Waals surface area contributed by atoms with Crippen molar-refractivity contribution in [2.45, 2.75) is 20.5 Å². The largest absolute Gasteiger partial charge is 0.506 e. The van der Waals surface area contributed by atoms with Crippen LogP contribution in [0.1, 0.15) is 25.0 Å². The van der Waals surface area contributed by atoms with Crippen LogP contribution in [0, 0.1) is 13.7 Å². The monoisotopic (exact) mass is 672 g/mol. The van der Waals surface area contributed by atoms with E-state index in [1.807, 2.05) is 31.2 Å². The minimum Gasteiger partial charge on any atom is -0.506 e. The van der Waals surface area contributed by atoms with E-state index in [0.29, 0.717) is 39.3 Å². The lowest BCUT2D eigenvalue weighted by molar-refractivity contribution is -0.384. The Labute approximate surface area is 248 Å². The Morgan fingerprint density at radius 3 is 2.45 bits per heavy atom. The van der Waals surface area contributed by atoms with Crippen molar-refractivity contribution in [2.75, 3.05) is 13.2 Å². The number of aliphatic hydroxyl groups excluding tert-OH is 1. The number of rotatable bonds is 10. The SMILES string of the molecule is CCOC(=O)C1=C(O)/C(=C/c2cc(I)c(OCc3ccc([N+](=O)[O-])cc3)c(OCC)c2)SC1=Nc1ccccc1. The summed E-state index contributed by atoms with van der Waals surface area (Å²) < 4.78 is 17.8. The van der Waals surface area contributed by atoms with E-state index in [2.05, 4.69) is 27.6 Å². The number of carbonyl (C=O) groups is 1. The van der Waals surface area contributed by atoms with Crippen molar-refractivity contribution in [3.05, 3.63) is 108 Å². The van der Waals surface area contributed by atoms with Crippen molar-refractivity contribution >= 4 is 62.8 Å². The van der Waals surface area contributed by atoms with Crippen LogP contribution in [-0.4, -0.2) is 34.3 Å². The van der Waals surface area contributed by atoms with Gasteiger partial charge in [-0.25, -0.2) is 9.79 Å². The fourth-order valence-electron chi connectivity index (χ4n) is 3.71. The molecule has 0 radical (unpaired) electrons. The van der Waals surface area contributed by atoms with Crippen LogP contribution in [0.3, 0.4) is 0 Å². The quantitative estimate of drug-likeness (QED) is 0.103. The number of benzene rings is 3. The van der Waals surface area contributed by atoms with Gasteiger partial charge in [-0.3, -0.25) is 10.1 Å². The lowest BCUT2D eigenvalue weighted by Gasteiger charge is -2.15. The lowest BCUT2D eigenvalue weighted by atomic mass is 10.1. The van der Waals surface area contributed by atoms with Crippen LogP contribution < -0.4 is 9.47 Å². The molecule has 206 valence electrons. The summed E-state index contributed by atoms with van der Waals surface area (Å²) in [5.74, 6) is 0.175. The predicted molar refractivity (Wildman–Crippen MR) is 163 cm³/mol.